The first-order chi connectivity index (χ1) is 55.7. The smallest absolute Gasteiger partial charge is 0.240 e. The lowest BCUT2D eigenvalue weighted by Crippen LogP contribution is -2.78. The van der Waals surface area contributed by atoms with Crippen molar-refractivity contribution in [1.82, 2.24) is 24.1 Å². The van der Waals surface area contributed by atoms with Crippen LogP contribution in [-0.2, 0) is 0 Å². The van der Waals surface area contributed by atoms with Gasteiger partial charge in [0.2, 0.25) is 11.9 Å². The van der Waals surface area contributed by atoms with E-state index in [4.69, 9.17) is 28.7 Å². The van der Waals surface area contributed by atoms with Gasteiger partial charge in [0, 0.05) is 27.1 Å². The van der Waals surface area contributed by atoms with Crippen LogP contribution in [0.4, 0.5) is 0 Å². The molecule has 13 aromatic carbocycles. The molecule has 0 N–H and O–H groups in total. The van der Waals surface area contributed by atoms with Crippen molar-refractivity contribution in [3.63, 3.8) is 0 Å². The summed E-state index contributed by atoms with van der Waals surface area (Å²) in [7, 11) is -9.84. The Hall–Kier alpha value is -11.1. The van der Waals surface area contributed by atoms with Crippen LogP contribution in [0.2, 0.25) is 0 Å². The highest BCUT2D eigenvalue weighted by Gasteiger charge is 2.46. The fraction of sp³-hybridized carbons (Fsp3) is 0. The molecule has 3 heterocycles. The van der Waals surface area contributed by atoms with E-state index in [1.165, 1.54) is 0 Å². The molecule has 16 rings (SSSR count). The Morgan fingerprint density at radius 3 is 0.898 bits per heavy atom. The van der Waals surface area contributed by atoms with Crippen molar-refractivity contribution in [3.8, 4) is 45.5 Å². The normalized spacial score (nSPS) is 16.5. The zero-order chi connectivity index (χ0) is 83.7. The maximum Gasteiger partial charge on any atom is 0.240 e. The summed E-state index contributed by atoms with van der Waals surface area (Å²) in [6.45, 7) is 0. The lowest BCUT2D eigenvalue weighted by atomic mass is 10.1. The van der Waals surface area contributed by atoms with Crippen molar-refractivity contribution >= 4 is 101 Å². The Morgan fingerprint density at radius 1 is 0.250 bits per heavy atom. The summed E-state index contributed by atoms with van der Waals surface area (Å²) in [4.78, 5) is 15.4. The number of benzene rings is 13. The maximum absolute atomic E-state index is 11.9. The number of rotatable bonds is 13. The Morgan fingerprint density at radius 2 is 0.557 bits per heavy atom. The monoisotopic (exact) mass is 1180 g/mol. The molecule has 0 saturated carbocycles. The highest BCUT2D eigenvalue weighted by atomic mass is 28.3. The minimum atomic E-state index is -4.92. The fourth-order valence-electron chi connectivity index (χ4n) is 12.1. The van der Waals surface area contributed by atoms with Crippen LogP contribution in [-0.4, -0.2) is 40.2 Å². The van der Waals surface area contributed by atoms with Gasteiger partial charge in [-0.15, -0.1) is 0 Å². The van der Waals surface area contributed by atoms with E-state index in [-0.39, 0.29) is 43.0 Å². The van der Waals surface area contributed by atoms with Gasteiger partial charge in [-0.2, -0.15) is 15.0 Å². The predicted molar refractivity (Wildman–Crippen MR) is 372 cm³/mol. The summed E-state index contributed by atoms with van der Waals surface area (Å²) >= 11 is 0. The molecule has 0 atom stereocenters. The van der Waals surface area contributed by atoms with E-state index in [0.29, 0.717) is 20.7 Å². The molecule has 0 unspecified atom stereocenters. The molecule has 88 heavy (non-hydrogen) atoms. The van der Waals surface area contributed by atoms with Gasteiger partial charge < -0.3 is 0 Å². The first kappa shape index (κ1) is 30.3. The van der Waals surface area contributed by atoms with E-state index in [0.717, 1.165) is 9.13 Å². The Balaban J connectivity index is 1.21. The topological polar surface area (TPSA) is 48.5 Å². The fourth-order valence-corrected chi connectivity index (χ4v) is 21.4. The van der Waals surface area contributed by atoms with Gasteiger partial charge in [-0.25, -0.2) is 0 Å². The van der Waals surface area contributed by atoms with Crippen LogP contribution in [0.25, 0.3) is 89.2 Å². The molecule has 0 amide bonds. The van der Waals surface area contributed by atoms with Crippen molar-refractivity contribution in [2.24, 2.45) is 0 Å². The van der Waals surface area contributed by atoms with Crippen LogP contribution >= 0.6 is 0 Å². The minimum Gasteiger partial charge on any atom is -0.278 e. The zero-order valence-electron chi connectivity index (χ0n) is 74.9. The molecule has 0 bridgehead atoms. The highest BCUT2D eigenvalue weighted by molar-refractivity contribution is 7.22. The van der Waals surface area contributed by atoms with E-state index < -0.39 is 258 Å². The molecule has 16 aromatic rings. The number of para-hydroxylation sites is 4. The van der Waals surface area contributed by atoms with Crippen molar-refractivity contribution < 1.29 is 39.8 Å². The summed E-state index contributed by atoms with van der Waals surface area (Å²) in [5.41, 5.74) is -3.27. The van der Waals surface area contributed by atoms with Gasteiger partial charge in [0.05, 0.1) is 61.8 Å². The first-order valence-electron chi connectivity index (χ1n) is 42.2. The molecule has 0 spiro atoms. The second-order valence-electron chi connectivity index (χ2n) is 20.4. The first-order valence-corrected chi connectivity index (χ1v) is 31.7. The van der Waals surface area contributed by atoms with Gasteiger partial charge in [-0.05, 0) is 87.9 Å². The molecule has 0 aliphatic heterocycles. The van der Waals surface area contributed by atoms with Crippen LogP contribution in [0.1, 0.15) is 39.8 Å². The second kappa shape index (κ2) is 22.1. The van der Waals surface area contributed by atoms with Gasteiger partial charge in [0.1, 0.15) is 0 Å². The molecule has 5 nitrogen and oxygen atoms in total. The van der Waals surface area contributed by atoms with Crippen molar-refractivity contribution in [1.29, 1.82) is 0 Å². The third-order valence-corrected chi connectivity index (χ3v) is 24.9. The maximum atomic E-state index is 11.9. The average Bonchev–Trinajstić information content (AvgIpc) is 1.09. The summed E-state index contributed by atoms with van der Waals surface area (Å²) < 4.78 is 278. The van der Waals surface area contributed by atoms with Gasteiger partial charge in [0.15, 0.2) is 22.0 Å². The van der Waals surface area contributed by atoms with E-state index >= 15 is 0 Å². The lowest BCUT2D eigenvalue weighted by molar-refractivity contribution is 0.893. The van der Waals surface area contributed by atoms with Gasteiger partial charge in [-0.1, -0.05) is 321 Å². The molecular weight excluding hydrogens is 1100 g/mol. The molecule has 7 heteroatoms. The molecule has 0 aliphatic rings. The van der Waals surface area contributed by atoms with E-state index in [2.05, 4.69) is 0 Å². The second-order valence-corrected chi connectivity index (χ2v) is 27.9. The molecule has 0 saturated heterocycles. The zero-order valence-corrected chi connectivity index (χ0v) is 47.9. The predicted octanol–water partition coefficient (Wildman–Crippen LogP) is 13.8. The third-order valence-electron chi connectivity index (χ3n) is 15.8. The molecule has 0 aliphatic carbocycles. The quantitative estimate of drug-likeness (QED) is 0.0854. The van der Waals surface area contributed by atoms with Gasteiger partial charge in [0.25, 0.3) is 0 Å². The van der Waals surface area contributed by atoms with E-state index in [1.54, 1.807) is 170 Å². The van der Waals surface area contributed by atoms with E-state index in [1.807, 2.05) is 0 Å². The molecule has 0 radical (unpaired) electrons. The summed E-state index contributed by atoms with van der Waals surface area (Å²) in [6, 6.07) is 25.9. The largest absolute Gasteiger partial charge is 0.278 e. The van der Waals surface area contributed by atoms with Crippen LogP contribution < -0.4 is 41.5 Å². The van der Waals surface area contributed by atoms with Gasteiger partial charge >= 0.3 is 0 Å². The average molecular weight is 1190 g/mol. The van der Waals surface area contributed by atoms with Crippen LogP contribution in [0.5, 0.6) is 0 Å². The van der Waals surface area contributed by atoms with E-state index in [9.17, 15) is 26.0 Å². The number of aromatic nitrogens is 5. The molecule has 0 fully saturated rings. The molecular formula is C81H57N5Si2. The highest BCUT2D eigenvalue weighted by Crippen LogP contribution is 2.35. The summed E-state index contributed by atoms with van der Waals surface area (Å²) in [5, 5.41) is -0.0892. The summed E-state index contributed by atoms with van der Waals surface area (Å²) in [6.07, 6.45) is 0. The number of fused-ring (bicyclic) bond motifs is 6. The number of hydrogen-bond acceptors (Lipinski definition) is 3. The number of nitrogens with zero attached hydrogens (tertiary/aromatic N) is 5. The van der Waals surface area contributed by atoms with Crippen molar-refractivity contribution in [2.45, 2.75) is 0 Å². The Labute approximate surface area is 554 Å². The lowest BCUT2D eigenvalue weighted by Gasteiger charge is -2.38. The number of hydrogen-bond donors (Lipinski definition) is 0. The van der Waals surface area contributed by atoms with Crippen LogP contribution in [0.15, 0.2) is 345 Å². The van der Waals surface area contributed by atoms with Crippen LogP contribution in [0.3, 0.4) is 0 Å². The van der Waals surface area contributed by atoms with Crippen molar-refractivity contribution in [3.05, 3.63) is 345 Å². The van der Waals surface area contributed by atoms with Gasteiger partial charge in [-0.3, -0.25) is 9.13 Å². The minimum absolute atomic E-state index is 0.0848. The summed E-state index contributed by atoms with van der Waals surface area (Å²) in [5.74, 6) is -2.53. The molecule has 3 aromatic heterocycles. The Bertz CT molecular complexity index is 6320. The van der Waals surface area contributed by atoms with Crippen LogP contribution in [0, 0.1) is 0 Å². The standard InChI is InChI=1S/C81H57N5Si2/c1-7-29-58(30-8-1)60-33-27-43-67(53-60)87(63-35-11-3-12-36-63,64-37-13-4-14-38-64)69-55-62(56-70(57-69)88(65-39-15-5-16-40-65,66-41-17-6-18-42-66)68-44-28-34-61(54-68)59-31-9-2-10-32-59)79-82-80(85-75-49-23-19-45-71(75)72-46-20-24-50-76(72)85)84-81(83-79)86-77-51-25-21-47-73(77)74-48-22-26-52-78(74)86/h1-57H/i1D,2D,7D,8D,9D,10D,19D,20D,21D,22D,23D,24D,25D,26D,29D,30D,31D,32D,45D,46D,47D,48D,49D,50D,51D,52D,55D,56D,57D. The SMILES string of the molecule is [2H]c1c([2H])c([2H])c(-c2cccc([Si](c3ccccc3)(c3ccccc3)c3c([2H])c(-c4nc(-n5c6c([2H])c([2H])c([2H])c([2H])c6c6c([2H])c([2H])c([2H])c([2H])c65)nc(-n5c6c([2H])c([2H])c([2H])c([2H])c6c6c([2H])c([2H])c([2H])c([2H])c65)n4)c([2H])c([Si](c4ccccc4)(c4ccccc4)c4cccc(-c5c([2H])c([2H])c([2H])c([2H])c5[2H])c4)c3[2H])c2)c([2H])c1[2H]. The Kier molecular flexibility index (Phi) is 7.60. The van der Waals surface area contributed by atoms with Crippen molar-refractivity contribution in [2.75, 3.05) is 0 Å². The third kappa shape index (κ3) is 8.70. The molecule has 414 valence electrons.